The SMILES string of the molecule is N#CN1CC[C@@H](N(CC2CCC2)S(=O)(=O)c2cc(Br)ccc2Br)C1. The van der Waals surface area contributed by atoms with E-state index in [4.69, 9.17) is 5.26 Å². The van der Waals surface area contributed by atoms with Crippen molar-refractivity contribution in [3.05, 3.63) is 27.1 Å². The summed E-state index contributed by atoms with van der Waals surface area (Å²) in [7, 11) is -3.62. The Morgan fingerprint density at radius 2 is 2.04 bits per heavy atom. The topological polar surface area (TPSA) is 64.4 Å². The fourth-order valence-electron chi connectivity index (χ4n) is 3.24. The van der Waals surface area contributed by atoms with Gasteiger partial charge in [-0.25, -0.2) is 8.42 Å². The smallest absolute Gasteiger partial charge is 0.244 e. The minimum Gasteiger partial charge on any atom is -0.309 e. The molecule has 8 heteroatoms. The highest BCUT2D eigenvalue weighted by Crippen LogP contribution is 2.34. The molecule has 1 aliphatic carbocycles. The van der Waals surface area contributed by atoms with Crippen LogP contribution in [-0.2, 0) is 10.0 Å². The highest BCUT2D eigenvalue weighted by atomic mass is 79.9. The third kappa shape index (κ3) is 3.64. The van der Waals surface area contributed by atoms with Crippen LogP contribution in [0.4, 0.5) is 0 Å². The minimum absolute atomic E-state index is 0.138. The fourth-order valence-corrected chi connectivity index (χ4v) is 6.43. The Bertz CT molecular complexity index is 759. The second-order valence-corrected chi connectivity index (χ2v) is 10.1. The first-order valence-electron chi connectivity index (χ1n) is 8.03. The first kappa shape index (κ1) is 18.2. The summed E-state index contributed by atoms with van der Waals surface area (Å²) < 4.78 is 29.6. The molecule has 130 valence electrons. The Morgan fingerprint density at radius 3 is 2.62 bits per heavy atom. The number of nitrogens with zero attached hydrogens (tertiary/aromatic N) is 3. The van der Waals surface area contributed by atoms with Crippen LogP contribution in [-0.4, -0.2) is 43.3 Å². The Balaban J connectivity index is 1.94. The maximum absolute atomic E-state index is 13.3. The predicted molar refractivity (Wildman–Crippen MR) is 98.7 cm³/mol. The van der Waals surface area contributed by atoms with Crippen molar-refractivity contribution in [2.24, 2.45) is 5.92 Å². The van der Waals surface area contributed by atoms with Crippen LogP contribution in [0.1, 0.15) is 25.7 Å². The second-order valence-electron chi connectivity index (χ2n) is 6.43. The molecule has 0 unspecified atom stereocenters. The van der Waals surface area contributed by atoms with E-state index in [9.17, 15) is 8.42 Å². The van der Waals surface area contributed by atoms with Crippen LogP contribution < -0.4 is 0 Å². The van der Waals surface area contributed by atoms with Crippen LogP contribution in [0.15, 0.2) is 32.0 Å². The number of halogens is 2. The molecule has 0 spiro atoms. The molecule has 0 bridgehead atoms. The standard InChI is InChI=1S/C16H19Br2N3O2S/c17-13-4-5-15(18)16(8-13)24(22,23)21(9-12-2-1-3-12)14-6-7-20(10-14)11-19/h4-5,8,12,14H,1-3,6-7,9-10H2/t14-/m1/s1. The maximum Gasteiger partial charge on any atom is 0.244 e. The normalized spacial score (nSPS) is 21.8. The molecule has 1 heterocycles. The summed E-state index contributed by atoms with van der Waals surface area (Å²) in [6.45, 7) is 1.65. The van der Waals surface area contributed by atoms with Gasteiger partial charge >= 0.3 is 0 Å². The molecule has 5 nitrogen and oxygen atoms in total. The number of likely N-dealkylation sites (tertiary alicyclic amines) is 1. The number of rotatable bonds is 5. The van der Waals surface area contributed by atoms with Gasteiger partial charge in [0, 0.05) is 34.6 Å². The third-order valence-corrected chi connectivity index (χ3v) is 8.26. The average molecular weight is 477 g/mol. The van der Waals surface area contributed by atoms with E-state index >= 15 is 0 Å². The van der Waals surface area contributed by atoms with E-state index in [0.29, 0.717) is 36.4 Å². The molecule has 0 N–H and O–H groups in total. The van der Waals surface area contributed by atoms with E-state index in [1.54, 1.807) is 21.3 Å². The first-order valence-corrected chi connectivity index (χ1v) is 11.1. The molecule has 1 aromatic carbocycles. The van der Waals surface area contributed by atoms with Crippen molar-refractivity contribution in [3.8, 4) is 6.19 Å². The van der Waals surface area contributed by atoms with Gasteiger partial charge in [-0.2, -0.15) is 9.57 Å². The number of hydrogen-bond acceptors (Lipinski definition) is 4. The monoisotopic (exact) mass is 475 g/mol. The van der Waals surface area contributed by atoms with Gasteiger partial charge in [-0.05, 0) is 59.3 Å². The van der Waals surface area contributed by atoms with E-state index in [1.165, 1.54) is 6.42 Å². The van der Waals surface area contributed by atoms with Gasteiger partial charge < -0.3 is 4.90 Å². The summed E-state index contributed by atoms with van der Waals surface area (Å²) >= 11 is 6.74. The summed E-state index contributed by atoms with van der Waals surface area (Å²) in [5.74, 6) is 0.432. The summed E-state index contributed by atoms with van der Waals surface area (Å²) in [5, 5.41) is 9.10. The van der Waals surface area contributed by atoms with Crippen molar-refractivity contribution in [2.45, 2.75) is 36.6 Å². The lowest BCUT2D eigenvalue weighted by Gasteiger charge is -2.35. The lowest BCUT2D eigenvalue weighted by molar-refractivity contribution is 0.214. The molecule has 0 radical (unpaired) electrons. The Morgan fingerprint density at radius 1 is 1.29 bits per heavy atom. The van der Waals surface area contributed by atoms with E-state index in [1.807, 2.05) is 6.07 Å². The van der Waals surface area contributed by atoms with Crippen molar-refractivity contribution in [1.29, 1.82) is 5.26 Å². The van der Waals surface area contributed by atoms with Gasteiger partial charge in [0.2, 0.25) is 10.0 Å². The predicted octanol–water partition coefficient (Wildman–Crippen LogP) is 3.56. The Labute approximate surface area is 159 Å². The van der Waals surface area contributed by atoms with Crippen molar-refractivity contribution >= 4 is 41.9 Å². The maximum atomic E-state index is 13.3. The van der Waals surface area contributed by atoms with Crippen LogP contribution >= 0.6 is 31.9 Å². The van der Waals surface area contributed by atoms with Crippen LogP contribution in [0.2, 0.25) is 0 Å². The summed E-state index contributed by atoms with van der Waals surface area (Å²) in [5.41, 5.74) is 0. The average Bonchev–Trinajstić information content (AvgIpc) is 2.96. The summed E-state index contributed by atoms with van der Waals surface area (Å²) in [6, 6.07) is 5.06. The summed E-state index contributed by atoms with van der Waals surface area (Å²) in [6.07, 6.45) is 6.18. The number of sulfonamides is 1. The van der Waals surface area contributed by atoms with Crippen LogP contribution in [0.25, 0.3) is 0 Å². The lowest BCUT2D eigenvalue weighted by Crippen LogP contribution is -2.45. The highest BCUT2D eigenvalue weighted by Gasteiger charge is 2.38. The molecule has 0 aromatic heterocycles. The minimum atomic E-state index is -3.62. The molecular formula is C16H19Br2N3O2S. The zero-order valence-electron chi connectivity index (χ0n) is 13.2. The van der Waals surface area contributed by atoms with E-state index < -0.39 is 10.0 Å². The molecule has 1 saturated carbocycles. The van der Waals surface area contributed by atoms with Gasteiger partial charge in [0.25, 0.3) is 0 Å². The Kier molecular flexibility index (Phi) is 5.55. The molecule has 1 atom stereocenters. The van der Waals surface area contributed by atoms with E-state index in [0.717, 1.165) is 17.3 Å². The summed E-state index contributed by atoms with van der Waals surface area (Å²) in [4.78, 5) is 1.93. The van der Waals surface area contributed by atoms with Gasteiger partial charge in [-0.15, -0.1) is 0 Å². The van der Waals surface area contributed by atoms with Gasteiger partial charge in [0.15, 0.2) is 6.19 Å². The van der Waals surface area contributed by atoms with Gasteiger partial charge in [0.05, 0.1) is 4.90 Å². The van der Waals surface area contributed by atoms with Gasteiger partial charge in [0.1, 0.15) is 0 Å². The lowest BCUT2D eigenvalue weighted by atomic mass is 9.85. The fraction of sp³-hybridized carbons (Fsp3) is 0.562. The molecule has 0 amide bonds. The van der Waals surface area contributed by atoms with Gasteiger partial charge in [-0.1, -0.05) is 22.4 Å². The van der Waals surface area contributed by atoms with Crippen LogP contribution in [0, 0.1) is 17.4 Å². The van der Waals surface area contributed by atoms with Crippen molar-refractivity contribution in [1.82, 2.24) is 9.21 Å². The van der Waals surface area contributed by atoms with Gasteiger partial charge in [-0.3, -0.25) is 0 Å². The quantitative estimate of drug-likeness (QED) is 0.609. The third-order valence-electron chi connectivity index (χ3n) is 4.85. The van der Waals surface area contributed by atoms with E-state index in [-0.39, 0.29) is 10.9 Å². The molecule has 1 saturated heterocycles. The van der Waals surface area contributed by atoms with E-state index in [2.05, 4.69) is 38.1 Å². The van der Waals surface area contributed by atoms with Crippen LogP contribution in [0.3, 0.4) is 0 Å². The molecule has 1 aromatic rings. The first-order chi connectivity index (χ1) is 11.4. The number of nitriles is 1. The second kappa shape index (κ2) is 7.32. The number of hydrogen-bond donors (Lipinski definition) is 0. The zero-order chi connectivity index (χ0) is 17.3. The molecule has 2 aliphatic rings. The number of benzene rings is 1. The molecule has 1 aliphatic heterocycles. The van der Waals surface area contributed by atoms with Crippen molar-refractivity contribution in [2.75, 3.05) is 19.6 Å². The molecule has 2 fully saturated rings. The zero-order valence-corrected chi connectivity index (χ0v) is 17.1. The Hall–Kier alpha value is -0.620. The van der Waals surface area contributed by atoms with Crippen molar-refractivity contribution < 1.29 is 8.42 Å². The highest BCUT2D eigenvalue weighted by molar-refractivity contribution is 9.11. The van der Waals surface area contributed by atoms with Crippen molar-refractivity contribution in [3.63, 3.8) is 0 Å². The largest absolute Gasteiger partial charge is 0.309 e. The molecule has 3 rings (SSSR count). The molecular weight excluding hydrogens is 458 g/mol. The van der Waals surface area contributed by atoms with Crippen LogP contribution in [0.5, 0.6) is 0 Å². The molecule has 24 heavy (non-hydrogen) atoms.